The van der Waals surface area contributed by atoms with Crippen molar-refractivity contribution in [1.29, 1.82) is 0 Å². The predicted molar refractivity (Wildman–Crippen MR) is 85.3 cm³/mol. The van der Waals surface area contributed by atoms with E-state index in [1.165, 1.54) is 0 Å². The van der Waals surface area contributed by atoms with Gasteiger partial charge in [0.05, 0.1) is 4.47 Å². The van der Waals surface area contributed by atoms with Gasteiger partial charge < -0.3 is 15.0 Å². The second-order valence-corrected chi connectivity index (χ2v) is 6.08. The van der Waals surface area contributed by atoms with E-state index in [1.807, 2.05) is 6.20 Å². The van der Waals surface area contributed by atoms with Gasteiger partial charge >= 0.3 is 0 Å². The Morgan fingerprint density at radius 3 is 2.90 bits per heavy atom. The molecule has 1 aromatic rings. The molecule has 0 aliphatic carbocycles. The van der Waals surface area contributed by atoms with Crippen LogP contribution in [0.5, 0.6) is 0 Å². The molecule has 1 saturated heterocycles. The molecule has 1 aliphatic heterocycles. The molecule has 2 rings (SSSR count). The minimum absolute atomic E-state index is 0.683. The van der Waals surface area contributed by atoms with E-state index in [4.69, 9.17) is 4.74 Å². The normalized spacial score (nSPS) is 16.1. The molecule has 0 unspecified atom stereocenters. The summed E-state index contributed by atoms with van der Waals surface area (Å²) in [6, 6.07) is 0. The molecule has 112 valence electrons. The van der Waals surface area contributed by atoms with Crippen LogP contribution in [0.4, 0.5) is 11.8 Å². The van der Waals surface area contributed by atoms with Crippen molar-refractivity contribution in [2.24, 2.45) is 5.92 Å². The first-order valence-electron chi connectivity index (χ1n) is 7.26. The van der Waals surface area contributed by atoms with E-state index < -0.39 is 0 Å². The van der Waals surface area contributed by atoms with Crippen molar-refractivity contribution in [3.63, 3.8) is 0 Å². The van der Waals surface area contributed by atoms with Gasteiger partial charge in [0.15, 0.2) is 0 Å². The molecule has 0 spiro atoms. The van der Waals surface area contributed by atoms with Crippen LogP contribution in [0.3, 0.4) is 0 Å². The van der Waals surface area contributed by atoms with E-state index in [0.29, 0.717) is 11.9 Å². The van der Waals surface area contributed by atoms with Crippen molar-refractivity contribution in [2.45, 2.75) is 26.2 Å². The van der Waals surface area contributed by atoms with Crippen molar-refractivity contribution in [3.05, 3.63) is 10.7 Å². The molecule has 5 nitrogen and oxygen atoms in total. The van der Waals surface area contributed by atoms with E-state index >= 15 is 0 Å². The number of hydrogen-bond donors (Lipinski definition) is 1. The summed E-state index contributed by atoms with van der Waals surface area (Å²) in [5, 5.41) is 3.23. The maximum atomic E-state index is 5.41. The number of anilines is 2. The van der Waals surface area contributed by atoms with Crippen LogP contribution in [0, 0.1) is 5.92 Å². The lowest BCUT2D eigenvalue weighted by Gasteiger charge is -2.28. The van der Waals surface area contributed by atoms with Crippen LogP contribution in [-0.4, -0.2) is 43.3 Å². The molecule has 1 N–H and O–H groups in total. The monoisotopic (exact) mass is 342 g/mol. The molecule has 0 bridgehead atoms. The van der Waals surface area contributed by atoms with E-state index in [2.05, 4.69) is 50.1 Å². The second kappa shape index (κ2) is 7.78. The molecule has 0 amide bonds. The summed E-state index contributed by atoms with van der Waals surface area (Å²) in [6.07, 6.45) is 5.15. The zero-order valence-corrected chi connectivity index (χ0v) is 13.8. The first-order chi connectivity index (χ1) is 9.70. The Labute approximate surface area is 129 Å². The average Bonchev–Trinajstić information content (AvgIpc) is 2.47. The van der Waals surface area contributed by atoms with E-state index in [9.17, 15) is 0 Å². The smallest absolute Gasteiger partial charge is 0.224 e. The van der Waals surface area contributed by atoms with Gasteiger partial charge in [-0.05, 0) is 41.1 Å². The molecule has 0 aromatic carbocycles. The fourth-order valence-electron chi connectivity index (χ4n) is 2.35. The summed E-state index contributed by atoms with van der Waals surface area (Å²) < 4.78 is 6.35. The van der Waals surface area contributed by atoms with Gasteiger partial charge in [0.25, 0.3) is 0 Å². The van der Waals surface area contributed by atoms with Crippen LogP contribution in [0.2, 0.25) is 0 Å². The molecule has 0 saturated carbocycles. The Bertz CT molecular complexity index is 424. The van der Waals surface area contributed by atoms with E-state index in [-0.39, 0.29) is 0 Å². The van der Waals surface area contributed by atoms with Crippen LogP contribution >= 0.6 is 15.9 Å². The Balaban J connectivity index is 2.01. The number of nitrogens with one attached hydrogen (secondary N) is 1. The zero-order chi connectivity index (χ0) is 14.4. The number of halogens is 1. The van der Waals surface area contributed by atoms with E-state index in [0.717, 1.165) is 55.9 Å². The lowest BCUT2D eigenvalue weighted by atomic mass is 10.00. The second-order valence-electron chi connectivity index (χ2n) is 5.23. The number of rotatable bonds is 6. The van der Waals surface area contributed by atoms with Gasteiger partial charge in [0.2, 0.25) is 5.95 Å². The van der Waals surface area contributed by atoms with Crippen LogP contribution in [0.25, 0.3) is 0 Å². The summed E-state index contributed by atoms with van der Waals surface area (Å²) in [5.74, 6) is 2.33. The fourth-order valence-corrected chi connectivity index (χ4v) is 2.84. The minimum atomic E-state index is 0.683. The third-order valence-electron chi connectivity index (χ3n) is 3.49. The zero-order valence-electron chi connectivity index (χ0n) is 12.2. The molecule has 1 aromatic heterocycles. The number of hydrogen-bond acceptors (Lipinski definition) is 5. The highest BCUT2D eigenvalue weighted by Gasteiger charge is 2.18. The first kappa shape index (κ1) is 15.5. The van der Waals surface area contributed by atoms with Gasteiger partial charge in [0, 0.05) is 39.5 Å². The van der Waals surface area contributed by atoms with Gasteiger partial charge in [0.1, 0.15) is 5.82 Å². The van der Waals surface area contributed by atoms with Crippen molar-refractivity contribution in [3.8, 4) is 0 Å². The van der Waals surface area contributed by atoms with Crippen molar-refractivity contribution in [2.75, 3.05) is 43.6 Å². The number of aromatic nitrogens is 2. The van der Waals surface area contributed by atoms with Gasteiger partial charge in [-0.2, -0.15) is 4.98 Å². The van der Waals surface area contributed by atoms with Crippen molar-refractivity contribution >= 4 is 27.7 Å². The Kier molecular flexibility index (Phi) is 6.04. The summed E-state index contributed by atoms with van der Waals surface area (Å²) >= 11 is 3.54. The number of ether oxygens (including phenoxy) is 1. The van der Waals surface area contributed by atoms with Gasteiger partial charge in [-0.25, -0.2) is 4.98 Å². The Hall–Kier alpha value is -0.880. The molecular formula is C14H23BrN4O. The van der Waals surface area contributed by atoms with Gasteiger partial charge in [-0.3, -0.25) is 0 Å². The molecule has 20 heavy (non-hydrogen) atoms. The average molecular weight is 343 g/mol. The summed E-state index contributed by atoms with van der Waals surface area (Å²) in [5.41, 5.74) is 0. The molecule has 0 atom stereocenters. The van der Waals surface area contributed by atoms with Crippen LogP contribution < -0.4 is 10.2 Å². The predicted octanol–water partition coefficient (Wildman–Crippen LogP) is 2.92. The Morgan fingerprint density at radius 2 is 2.20 bits per heavy atom. The maximum Gasteiger partial charge on any atom is 0.224 e. The van der Waals surface area contributed by atoms with Crippen molar-refractivity contribution in [1.82, 2.24) is 9.97 Å². The number of nitrogens with zero attached hydrogens (tertiary/aromatic N) is 3. The molecular weight excluding hydrogens is 320 g/mol. The highest BCUT2D eigenvalue weighted by atomic mass is 79.9. The largest absolute Gasteiger partial charge is 0.381 e. The molecule has 2 heterocycles. The quantitative estimate of drug-likeness (QED) is 0.861. The lowest BCUT2D eigenvalue weighted by molar-refractivity contribution is 0.0685. The third-order valence-corrected chi connectivity index (χ3v) is 4.05. The topological polar surface area (TPSA) is 50.3 Å². The molecule has 6 heteroatoms. The highest BCUT2D eigenvalue weighted by molar-refractivity contribution is 9.10. The standard InChI is InChI=1S/C14H23BrN4O/c1-3-6-16-14-17-9-12(15)13(18-14)19(2)10-11-4-7-20-8-5-11/h9,11H,3-8,10H2,1-2H3,(H,16,17,18). The van der Waals surface area contributed by atoms with Crippen LogP contribution in [-0.2, 0) is 4.74 Å². The molecule has 0 radical (unpaired) electrons. The molecule has 1 fully saturated rings. The minimum Gasteiger partial charge on any atom is -0.381 e. The summed E-state index contributed by atoms with van der Waals surface area (Å²) in [4.78, 5) is 11.1. The maximum absolute atomic E-state index is 5.41. The van der Waals surface area contributed by atoms with E-state index in [1.54, 1.807) is 0 Å². The lowest BCUT2D eigenvalue weighted by Crippen LogP contribution is -2.30. The van der Waals surface area contributed by atoms with Crippen molar-refractivity contribution < 1.29 is 4.74 Å². The fraction of sp³-hybridized carbons (Fsp3) is 0.714. The van der Waals surface area contributed by atoms with Gasteiger partial charge in [-0.15, -0.1) is 0 Å². The summed E-state index contributed by atoms with van der Waals surface area (Å²) in [6.45, 7) is 5.79. The van der Waals surface area contributed by atoms with Gasteiger partial charge in [-0.1, -0.05) is 6.92 Å². The third kappa shape index (κ3) is 4.31. The molecule has 1 aliphatic rings. The Morgan fingerprint density at radius 1 is 1.45 bits per heavy atom. The highest BCUT2D eigenvalue weighted by Crippen LogP contribution is 2.25. The first-order valence-corrected chi connectivity index (χ1v) is 8.05. The van der Waals surface area contributed by atoms with Crippen LogP contribution in [0.1, 0.15) is 26.2 Å². The van der Waals surface area contributed by atoms with Crippen LogP contribution in [0.15, 0.2) is 10.7 Å². The SMILES string of the molecule is CCCNc1ncc(Br)c(N(C)CC2CCOCC2)n1. The summed E-state index contributed by atoms with van der Waals surface area (Å²) in [7, 11) is 2.09.